The molecule has 2 nitrogen and oxygen atoms in total. The Hall–Kier alpha value is -1.31. The third-order valence-electron chi connectivity index (χ3n) is 4.50. The Bertz CT molecular complexity index is 416. The lowest BCUT2D eigenvalue weighted by Crippen LogP contribution is -2.45. The van der Waals surface area contributed by atoms with Crippen LogP contribution in [-0.4, -0.2) is 11.9 Å². The van der Waals surface area contributed by atoms with Gasteiger partial charge in [-0.2, -0.15) is 0 Å². The lowest BCUT2D eigenvalue weighted by molar-refractivity contribution is -0.126. The number of amides is 1. The third-order valence-corrected chi connectivity index (χ3v) is 4.50. The maximum Gasteiger partial charge on any atom is 0.230 e. The van der Waals surface area contributed by atoms with Crippen LogP contribution in [0.1, 0.15) is 64.4 Å². The Balaban J connectivity index is 1.99. The molecule has 0 saturated heterocycles. The standard InChI is InChI=1S/C18H27NO/c1-18(2,15-11-7-6-8-12-15)17(20)19-16-13-9-4-3-5-10-14-16/h6-8,11-12,16H,3-5,9-10,13-14H2,1-2H3,(H,19,20). The summed E-state index contributed by atoms with van der Waals surface area (Å²) in [5.41, 5.74) is 0.632. The van der Waals surface area contributed by atoms with E-state index in [4.69, 9.17) is 0 Å². The fourth-order valence-corrected chi connectivity index (χ4v) is 2.95. The Kier molecular flexibility index (Phi) is 5.22. The molecule has 1 aromatic rings. The molecule has 110 valence electrons. The molecular formula is C18H27NO. The van der Waals surface area contributed by atoms with Crippen molar-refractivity contribution < 1.29 is 4.79 Å². The van der Waals surface area contributed by atoms with Crippen LogP contribution in [0.2, 0.25) is 0 Å². The van der Waals surface area contributed by atoms with E-state index < -0.39 is 5.41 Å². The largest absolute Gasteiger partial charge is 0.353 e. The first-order valence-electron chi connectivity index (χ1n) is 7.97. The van der Waals surface area contributed by atoms with Crippen molar-refractivity contribution in [2.75, 3.05) is 0 Å². The maximum absolute atomic E-state index is 12.6. The van der Waals surface area contributed by atoms with Gasteiger partial charge in [-0.05, 0) is 32.3 Å². The molecule has 20 heavy (non-hydrogen) atoms. The monoisotopic (exact) mass is 273 g/mol. The molecule has 0 unspecified atom stereocenters. The summed E-state index contributed by atoms with van der Waals surface area (Å²) in [7, 11) is 0. The zero-order valence-corrected chi connectivity index (χ0v) is 12.8. The van der Waals surface area contributed by atoms with E-state index in [1.54, 1.807) is 0 Å². The number of carbonyl (C=O) groups is 1. The van der Waals surface area contributed by atoms with Crippen LogP contribution >= 0.6 is 0 Å². The molecule has 0 aromatic heterocycles. The predicted octanol–water partition coefficient (Wildman–Crippen LogP) is 4.19. The molecule has 1 aromatic carbocycles. The van der Waals surface area contributed by atoms with Crippen LogP contribution < -0.4 is 5.32 Å². The molecule has 0 radical (unpaired) electrons. The summed E-state index contributed by atoms with van der Waals surface area (Å²) in [6.07, 6.45) is 8.75. The molecular weight excluding hydrogens is 246 g/mol. The molecule has 0 atom stereocenters. The van der Waals surface area contributed by atoms with E-state index in [0.717, 1.165) is 18.4 Å². The summed E-state index contributed by atoms with van der Waals surface area (Å²) in [6.45, 7) is 4.03. The zero-order valence-electron chi connectivity index (χ0n) is 12.8. The molecule has 1 aliphatic carbocycles. The van der Waals surface area contributed by atoms with Crippen molar-refractivity contribution in [2.24, 2.45) is 0 Å². The summed E-state index contributed by atoms with van der Waals surface area (Å²) >= 11 is 0. The second-order valence-corrected chi connectivity index (χ2v) is 6.51. The van der Waals surface area contributed by atoms with Gasteiger partial charge in [0.15, 0.2) is 0 Å². The van der Waals surface area contributed by atoms with Crippen molar-refractivity contribution >= 4 is 5.91 Å². The first-order valence-corrected chi connectivity index (χ1v) is 7.97. The summed E-state index contributed by atoms with van der Waals surface area (Å²) in [5, 5.41) is 3.29. The van der Waals surface area contributed by atoms with Crippen LogP contribution in [0.4, 0.5) is 0 Å². The van der Waals surface area contributed by atoms with Gasteiger partial charge in [0.2, 0.25) is 5.91 Å². The van der Waals surface area contributed by atoms with Crippen LogP contribution in [0.3, 0.4) is 0 Å². The van der Waals surface area contributed by atoms with Crippen molar-refractivity contribution in [1.82, 2.24) is 5.32 Å². The van der Waals surface area contributed by atoms with Gasteiger partial charge < -0.3 is 5.32 Å². The highest BCUT2D eigenvalue weighted by molar-refractivity contribution is 5.87. The van der Waals surface area contributed by atoms with E-state index in [9.17, 15) is 4.79 Å². The first-order chi connectivity index (χ1) is 9.60. The Labute approximate surface area is 123 Å². The number of hydrogen-bond acceptors (Lipinski definition) is 1. The van der Waals surface area contributed by atoms with Gasteiger partial charge in [-0.3, -0.25) is 4.79 Å². The van der Waals surface area contributed by atoms with Crippen LogP contribution in [-0.2, 0) is 10.2 Å². The number of nitrogens with one attached hydrogen (secondary N) is 1. The quantitative estimate of drug-likeness (QED) is 0.879. The first kappa shape index (κ1) is 15.1. The summed E-state index contributed by atoms with van der Waals surface area (Å²) in [6, 6.07) is 10.4. The van der Waals surface area contributed by atoms with Crippen LogP contribution in [0.25, 0.3) is 0 Å². The Morgan fingerprint density at radius 1 is 1.00 bits per heavy atom. The number of carbonyl (C=O) groups excluding carboxylic acids is 1. The fourth-order valence-electron chi connectivity index (χ4n) is 2.95. The van der Waals surface area contributed by atoms with E-state index >= 15 is 0 Å². The molecule has 1 amide bonds. The summed E-state index contributed by atoms with van der Waals surface area (Å²) in [4.78, 5) is 12.6. The Morgan fingerprint density at radius 3 is 2.15 bits per heavy atom. The molecule has 1 aliphatic rings. The molecule has 0 spiro atoms. The number of hydrogen-bond donors (Lipinski definition) is 1. The van der Waals surface area contributed by atoms with Gasteiger partial charge >= 0.3 is 0 Å². The maximum atomic E-state index is 12.6. The third kappa shape index (κ3) is 3.84. The van der Waals surface area contributed by atoms with Gasteiger partial charge in [-0.15, -0.1) is 0 Å². The minimum Gasteiger partial charge on any atom is -0.353 e. The van der Waals surface area contributed by atoms with Gasteiger partial charge in [0.25, 0.3) is 0 Å². The van der Waals surface area contributed by atoms with E-state index in [1.165, 1.54) is 32.1 Å². The van der Waals surface area contributed by atoms with Gasteiger partial charge in [0, 0.05) is 6.04 Å². The van der Waals surface area contributed by atoms with Crippen molar-refractivity contribution in [2.45, 2.75) is 70.3 Å². The van der Waals surface area contributed by atoms with E-state index in [2.05, 4.69) is 5.32 Å². The molecule has 0 aliphatic heterocycles. The van der Waals surface area contributed by atoms with Crippen molar-refractivity contribution in [1.29, 1.82) is 0 Å². The molecule has 2 rings (SSSR count). The number of rotatable bonds is 3. The highest BCUT2D eigenvalue weighted by atomic mass is 16.2. The smallest absolute Gasteiger partial charge is 0.230 e. The second-order valence-electron chi connectivity index (χ2n) is 6.51. The van der Waals surface area contributed by atoms with Crippen molar-refractivity contribution in [3.63, 3.8) is 0 Å². The van der Waals surface area contributed by atoms with E-state index in [0.29, 0.717) is 6.04 Å². The van der Waals surface area contributed by atoms with Crippen LogP contribution in [0.5, 0.6) is 0 Å². The van der Waals surface area contributed by atoms with Gasteiger partial charge in [0.05, 0.1) is 5.41 Å². The van der Waals surface area contributed by atoms with E-state index in [-0.39, 0.29) is 5.91 Å². The van der Waals surface area contributed by atoms with E-state index in [1.807, 2.05) is 44.2 Å². The molecule has 1 saturated carbocycles. The highest BCUT2D eigenvalue weighted by Crippen LogP contribution is 2.24. The highest BCUT2D eigenvalue weighted by Gasteiger charge is 2.30. The molecule has 2 heteroatoms. The lowest BCUT2D eigenvalue weighted by atomic mass is 9.83. The minimum atomic E-state index is -0.455. The molecule has 1 N–H and O–H groups in total. The van der Waals surface area contributed by atoms with Gasteiger partial charge in [-0.1, -0.05) is 62.4 Å². The lowest BCUT2D eigenvalue weighted by Gasteiger charge is -2.28. The normalized spacial score (nSPS) is 18.1. The summed E-state index contributed by atoms with van der Waals surface area (Å²) < 4.78 is 0. The fraction of sp³-hybridized carbons (Fsp3) is 0.611. The average Bonchev–Trinajstić information content (AvgIpc) is 2.42. The topological polar surface area (TPSA) is 29.1 Å². The Morgan fingerprint density at radius 2 is 1.55 bits per heavy atom. The van der Waals surface area contributed by atoms with Crippen molar-refractivity contribution in [3.05, 3.63) is 35.9 Å². The van der Waals surface area contributed by atoms with Gasteiger partial charge in [-0.25, -0.2) is 0 Å². The van der Waals surface area contributed by atoms with Crippen LogP contribution in [0, 0.1) is 0 Å². The molecule has 0 heterocycles. The predicted molar refractivity (Wildman–Crippen MR) is 83.7 cm³/mol. The second kappa shape index (κ2) is 6.92. The number of benzene rings is 1. The van der Waals surface area contributed by atoms with Crippen LogP contribution in [0.15, 0.2) is 30.3 Å². The van der Waals surface area contributed by atoms with Gasteiger partial charge in [0.1, 0.15) is 0 Å². The SMILES string of the molecule is CC(C)(C(=O)NC1CCCCCCC1)c1ccccc1. The van der Waals surface area contributed by atoms with Crippen molar-refractivity contribution in [3.8, 4) is 0 Å². The zero-order chi connectivity index (χ0) is 14.4. The average molecular weight is 273 g/mol. The summed E-state index contributed by atoms with van der Waals surface area (Å²) in [5.74, 6) is 0.161. The molecule has 0 bridgehead atoms. The minimum absolute atomic E-state index is 0.161. The molecule has 1 fully saturated rings.